The fourth-order valence-electron chi connectivity index (χ4n) is 2.64. The van der Waals surface area contributed by atoms with Gasteiger partial charge >= 0.3 is 0 Å². The van der Waals surface area contributed by atoms with Crippen LogP contribution in [0.3, 0.4) is 0 Å². The second-order valence-electron chi connectivity index (χ2n) is 5.96. The van der Waals surface area contributed by atoms with E-state index in [1.807, 2.05) is 0 Å². The van der Waals surface area contributed by atoms with Crippen molar-refractivity contribution in [3.63, 3.8) is 0 Å². The smallest absolute Gasteiger partial charge is 0.289 e. The fourth-order valence-corrected chi connectivity index (χ4v) is 3.91. The number of amides is 1. The van der Waals surface area contributed by atoms with Gasteiger partial charge in [-0.3, -0.25) is 19.6 Å². The molecule has 1 saturated heterocycles. The molecule has 0 atom stereocenters. The zero-order valence-corrected chi connectivity index (χ0v) is 16.1. The van der Waals surface area contributed by atoms with Gasteiger partial charge < -0.3 is 9.64 Å². The van der Waals surface area contributed by atoms with E-state index < -0.39 is 20.6 Å². The first-order valence-corrected chi connectivity index (χ1v) is 10.1. The Balaban J connectivity index is 1.77. The minimum atomic E-state index is -4.06. The van der Waals surface area contributed by atoms with Crippen molar-refractivity contribution in [2.75, 3.05) is 31.0 Å². The number of ether oxygens (including phenoxy) is 1. The molecular weight excluding hydrogens is 410 g/mol. The molecule has 11 heteroatoms. The minimum Gasteiger partial charge on any atom is -0.378 e. The lowest BCUT2D eigenvalue weighted by Gasteiger charge is -2.26. The number of rotatable bonds is 5. The van der Waals surface area contributed by atoms with Gasteiger partial charge in [0.25, 0.3) is 21.6 Å². The summed E-state index contributed by atoms with van der Waals surface area (Å²) < 4.78 is 32.5. The average molecular weight is 426 g/mol. The van der Waals surface area contributed by atoms with E-state index in [-0.39, 0.29) is 21.5 Å². The summed E-state index contributed by atoms with van der Waals surface area (Å²) in [5.41, 5.74) is 0.138. The number of halogens is 1. The molecule has 148 valence electrons. The summed E-state index contributed by atoms with van der Waals surface area (Å²) >= 11 is 5.71. The van der Waals surface area contributed by atoms with Crippen molar-refractivity contribution in [2.45, 2.75) is 4.90 Å². The number of nitro groups is 1. The number of carbonyl (C=O) groups is 1. The second kappa shape index (κ2) is 8.13. The summed E-state index contributed by atoms with van der Waals surface area (Å²) in [6, 6.07) is 9.15. The predicted octanol–water partition coefficient (Wildman–Crippen LogP) is 2.52. The number of anilines is 1. The van der Waals surface area contributed by atoms with Gasteiger partial charge in [-0.25, -0.2) is 8.42 Å². The molecule has 9 nitrogen and oxygen atoms in total. The highest BCUT2D eigenvalue weighted by molar-refractivity contribution is 7.92. The Morgan fingerprint density at radius 3 is 2.39 bits per heavy atom. The molecular formula is C17H16ClN3O6S. The molecule has 28 heavy (non-hydrogen) atoms. The molecule has 1 aliphatic rings. The van der Waals surface area contributed by atoms with E-state index in [2.05, 4.69) is 4.72 Å². The summed E-state index contributed by atoms with van der Waals surface area (Å²) in [4.78, 5) is 24.0. The number of nitrogens with zero attached hydrogens (tertiary/aromatic N) is 2. The van der Waals surface area contributed by atoms with Crippen molar-refractivity contribution in [1.82, 2.24) is 4.90 Å². The first-order chi connectivity index (χ1) is 13.3. The quantitative estimate of drug-likeness (QED) is 0.580. The van der Waals surface area contributed by atoms with E-state index in [1.54, 1.807) is 4.90 Å². The molecule has 1 N–H and O–H groups in total. The van der Waals surface area contributed by atoms with Crippen molar-refractivity contribution in [3.8, 4) is 0 Å². The standard InChI is InChI=1S/C17H16ClN3O6S/c18-15-6-5-14(11-16(15)21(23)24)28(25,26)19-13-3-1-12(2-4-13)17(22)20-7-9-27-10-8-20/h1-6,11,19H,7-10H2. The summed E-state index contributed by atoms with van der Waals surface area (Å²) in [6.07, 6.45) is 0. The van der Waals surface area contributed by atoms with Crippen molar-refractivity contribution in [1.29, 1.82) is 0 Å². The molecule has 1 amide bonds. The zero-order chi connectivity index (χ0) is 20.3. The molecule has 2 aromatic rings. The first kappa shape index (κ1) is 20.1. The first-order valence-electron chi connectivity index (χ1n) is 8.22. The molecule has 0 unspecified atom stereocenters. The molecule has 0 aromatic heterocycles. The number of carbonyl (C=O) groups excluding carboxylic acids is 1. The lowest BCUT2D eigenvalue weighted by molar-refractivity contribution is -0.384. The number of morpholine rings is 1. The Morgan fingerprint density at radius 2 is 1.79 bits per heavy atom. The van der Waals surface area contributed by atoms with Crippen LogP contribution in [0.2, 0.25) is 5.02 Å². The highest BCUT2D eigenvalue weighted by Gasteiger charge is 2.22. The Labute approximate surface area is 166 Å². The Kier molecular flexibility index (Phi) is 5.82. The van der Waals surface area contributed by atoms with E-state index in [1.165, 1.54) is 30.3 Å². The van der Waals surface area contributed by atoms with Crippen LogP contribution in [0.25, 0.3) is 0 Å². The molecule has 0 bridgehead atoms. The van der Waals surface area contributed by atoms with E-state index in [0.29, 0.717) is 31.9 Å². The topological polar surface area (TPSA) is 119 Å². The largest absolute Gasteiger partial charge is 0.378 e. The van der Waals surface area contributed by atoms with E-state index >= 15 is 0 Å². The number of hydrogen-bond acceptors (Lipinski definition) is 6. The van der Waals surface area contributed by atoms with Crippen molar-refractivity contribution < 1.29 is 22.9 Å². The molecule has 0 aliphatic carbocycles. The second-order valence-corrected chi connectivity index (χ2v) is 8.05. The molecule has 0 radical (unpaired) electrons. The molecule has 0 saturated carbocycles. The van der Waals surface area contributed by atoms with Gasteiger partial charge in [0.15, 0.2) is 0 Å². The molecule has 3 rings (SSSR count). The van der Waals surface area contributed by atoms with Crippen molar-refractivity contribution >= 4 is 38.9 Å². The number of nitrogens with one attached hydrogen (secondary N) is 1. The number of sulfonamides is 1. The third kappa shape index (κ3) is 4.41. The number of nitro benzene ring substituents is 1. The number of hydrogen-bond donors (Lipinski definition) is 1. The Morgan fingerprint density at radius 1 is 1.14 bits per heavy atom. The fraction of sp³-hybridized carbons (Fsp3) is 0.235. The van der Waals surface area contributed by atoms with Gasteiger partial charge in [0.1, 0.15) is 5.02 Å². The maximum Gasteiger partial charge on any atom is 0.289 e. The maximum atomic E-state index is 12.5. The van der Waals surface area contributed by atoms with Gasteiger partial charge in [-0.1, -0.05) is 11.6 Å². The van der Waals surface area contributed by atoms with Gasteiger partial charge in [0.2, 0.25) is 0 Å². The molecule has 0 spiro atoms. The average Bonchev–Trinajstić information content (AvgIpc) is 2.68. The van der Waals surface area contributed by atoms with Crippen LogP contribution in [0.4, 0.5) is 11.4 Å². The molecule has 2 aromatic carbocycles. The van der Waals surface area contributed by atoms with Gasteiger partial charge in [-0.2, -0.15) is 0 Å². The van der Waals surface area contributed by atoms with Gasteiger partial charge in [0.05, 0.1) is 23.0 Å². The monoisotopic (exact) mass is 425 g/mol. The van der Waals surface area contributed by atoms with Crippen LogP contribution in [0, 0.1) is 10.1 Å². The third-order valence-corrected chi connectivity index (χ3v) is 5.81. The lowest BCUT2D eigenvalue weighted by atomic mass is 10.2. The summed E-state index contributed by atoms with van der Waals surface area (Å²) in [7, 11) is -4.06. The van der Waals surface area contributed by atoms with Crippen LogP contribution in [-0.4, -0.2) is 50.5 Å². The van der Waals surface area contributed by atoms with Crippen molar-refractivity contribution in [2.24, 2.45) is 0 Å². The normalized spacial score (nSPS) is 14.5. The molecule has 1 fully saturated rings. The summed E-state index contributed by atoms with van der Waals surface area (Å²) in [5, 5.41) is 10.8. The van der Waals surface area contributed by atoms with E-state index in [0.717, 1.165) is 12.1 Å². The van der Waals surface area contributed by atoms with Crippen molar-refractivity contribution in [3.05, 3.63) is 63.2 Å². The minimum absolute atomic E-state index is 0.157. The Hall–Kier alpha value is -2.69. The SMILES string of the molecule is O=C(c1ccc(NS(=O)(=O)c2ccc(Cl)c([N+](=O)[O-])c2)cc1)N1CCOCC1. The zero-order valence-electron chi connectivity index (χ0n) is 14.5. The summed E-state index contributed by atoms with van der Waals surface area (Å²) in [5.74, 6) is -0.161. The van der Waals surface area contributed by atoms with E-state index in [4.69, 9.17) is 16.3 Å². The van der Waals surface area contributed by atoms with Crippen LogP contribution in [-0.2, 0) is 14.8 Å². The predicted molar refractivity (Wildman–Crippen MR) is 102 cm³/mol. The van der Waals surface area contributed by atoms with E-state index in [9.17, 15) is 23.3 Å². The van der Waals surface area contributed by atoms with Crippen LogP contribution >= 0.6 is 11.6 Å². The van der Waals surface area contributed by atoms with Crippen LogP contribution in [0.5, 0.6) is 0 Å². The highest BCUT2D eigenvalue weighted by Crippen LogP contribution is 2.28. The van der Waals surface area contributed by atoms with Crippen LogP contribution in [0.15, 0.2) is 47.4 Å². The highest BCUT2D eigenvalue weighted by atomic mass is 35.5. The van der Waals surface area contributed by atoms with Gasteiger partial charge in [0, 0.05) is 30.4 Å². The molecule has 1 aliphatic heterocycles. The Bertz CT molecular complexity index is 1000. The van der Waals surface area contributed by atoms with Crippen LogP contribution < -0.4 is 4.72 Å². The number of benzene rings is 2. The third-order valence-electron chi connectivity index (χ3n) is 4.11. The van der Waals surface area contributed by atoms with Gasteiger partial charge in [-0.15, -0.1) is 0 Å². The molecule has 1 heterocycles. The van der Waals surface area contributed by atoms with Crippen LogP contribution in [0.1, 0.15) is 10.4 Å². The lowest BCUT2D eigenvalue weighted by Crippen LogP contribution is -2.40. The van der Waals surface area contributed by atoms with Gasteiger partial charge in [-0.05, 0) is 36.4 Å². The summed E-state index contributed by atoms with van der Waals surface area (Å²) in [6.45, 7) is 1.97. The maximum absolute atomic E-state index is 12.5.